The average molecular weight is 480 g/mol. The Kier molecular flexibility index (Phi) is 7.22. The Labute approximate surface area is 201 Å². The molecule has 0 fully saturated rings. The second-order valence-corrected chi connectivity index (χ2v) is 9.05. The first kappa shape index (κ1) is 23.4. The number of amides is 2. The summed E-state index contributed by atoms with van der Waals surface area (Å²) in [5.41, 5.74) is 4.61. The third-order valence-corrected chi connectivity index (χ3v) is 6.54. The molecule has 1 aliphatic rings. The lowest BCUT2D eigenvalue weighted by atomic mass is 9.98. The molecule has 1 atom stereocenters. The van der Waals surface area contributed by atoms with Crippen LogP contribution in [0.4, 0.5) is 4.79 Å². The quantitative estimate of drug-likeness (QED) is 0.430. The van der Waals surface area contributed by atoms with E-state index < -0.39 is 18.1 Å². The number of carboxylic acids is 1. The molecule has 3 aromatic rings. The third kappa shape index (κ3) is 5.43. The Morgan fingerprint density at radius 3 is 2.35 bits per heavy atom. The van der Waals surface area contributed by atoms with Crippen LogP contribution in [0, 0.1) is 0 Å². The van der Waals surface area contributed by atoms with Crippen molar-refractivity contribution in [1.29, 1.82) is 0 Å². The molecule has 176 valence electrons. The zero-order valence-corrected chi connectivity index (χ0v) is 19.4. The van der Waals surface area contributed by atoms with Crippen LogP contribution in [0.3, 0.4) is 0 Å². The summed E-state index contributed by atoms with van der Waals surface area (Å²) in [6.07, 6.45) is -0.0218. The number of benzene rings is 2. The van der Waals surface area contributed by atoms with Gasteiger partial charge in [0, 0.05) is 36.7 Å². The SMILES string of the molecule is CC(CC(=O)NCCc1nc(C(=O)O)cs1)NC(=O)OCC1c2ccccc2-c2ccccc21. The van der Waals surface area contributed by atoms with E-state index in [4.69, 9.17) is 9.84 Å². The van der Waals surface area contributed by atoms with Crippen LogP contribution in [0.5, 0.6) is 0 Å². The Hall–Kier alpha value is -3.72. The van der Waals surface area contributed by atoms with E-state index in [-0.39, 0.29) is 30.5 Å². The van der Waals surface area contributed by atoms with Gasteiger partial charge < -0.3 is 20.5 Å². The normalized spacial score (nSPS) is 13.0. The third-order valence-electron chi connectivity index (χ3n) is 5.63. The number of aromatic carboxylic acids is 1. The first-order chi connectivity index (χ1) is 16.4. The lowest BCUT2D eigenvalue weighted by Gasteiger charge is -2.17. The lowest BCUT2D eigenvalue weighted by Crippen LogP contribution is -2.38. The van der Waals surface area contributed by atoms with E-state index in [1.54, 1.807) is 6.92 Å². The molecule has 8 nitrogen and oxygen atoms in total. The highest BCUT2D eigenvalue weighted by molar-refractivity contribution is 7.09. The number of nitrogens with zero attached hydrogens (tertiary/aromatic N) is 1. The van der Waals surface area contributed by atoms with Crippen molar-refractivity contribution in [3.63, 3.8) is 0 Å². The molecule has 0 radical (unpaired) electrons. The highest BCUT2D eigenvalue weighted by Crippen LogP contribution is 2.44. The van der Waals surface area contributed by atoms with Crippen LogP contribution in [0.15, 0.2) is 53.9 Å². The zero-order chi connectivity index (χ0) is 24.1. The summed E-state index contributed by atoms with van der Waals surface area (Å²) in [7, 11) is 0. The van der Waals surface area contributed by atoms with Gasteiger partial charge in [-0.1, -0.05) is 48.5 Å². The van der Waals surface area contributed by atoms with E-state index in [0.29, 0.717) is 18.0 Å². The number of rotatable bonds is 9. The van der Waals surface area contributed by atoms with Gasteiger partial charge in [0.25, 0.3) is 0 Å². The number of nitrogens with one attached hydrogen (secondary N) is 2. The van der Waals surface area contributed by atoms with Crippen LogP contribution in [-0.4, -0.2) is 47.3 Å². The Morgan fingerprint density at radius 2 is 1.74 bits per heavy atom. The van der Waals surface area contributed by atoms with Crippen LogP contribution in [0.2, 0.25) is 0 Å². The number of carbonyl (C=O) groups excluding carboxylic acids is 2. The van der Waals surface area contributed by atoms with Gasteiger partial charge in [-0.05, 0) is 29.2 Å². The molecule has 1 aliphatic carbocycles. The number of fused-ring (bicyclic) bond motifs is 3. The summed E-state index contributed by atoms with van der Waals surface area (Å²) in [6.45, 7) is 2.29. The Morgan fingerprint density at radius 1 is 1.09 bits per heavy atom. The predicted molar refractivity (Wildman–Crippen MR) is 128 cm³/mol. The zero-order valence-electron chi connectivity index (χ0n) is 18.6. The molecule has 0 aliphatic heterocycles. The Balaban J connectivity index is 1.21. The smallest absolute Gasteiger partial charge is 0.407 e. The molecule has 2 aromatic carbocycles. The van der Waals surface area contributed by atoms with Crippen molar-refractivity contribution < 1.29 is 24.2 Å². The van der Waals surface area contributed by atoms with E-state index in [9.17, 15) is 14.4 Å². The topological polar surface area (TPSA) is 118 Å². The molecule has 0 saturated heterocycles. The van der Waals surface area contributed by atoms with Gasteiger partial charge in [0.1, 0.15) is 6.61 Å². The van der Waals surface area contributed by atoms with Crippen molar-refractivity contribution in [2.45, 2.75) is 31.7 Å². The van der Waals surface area contributed by atoms with Crippen LogP contribution < -0.4 is 10.6 Å². The van der Waals surface area contributed by atoms with E-state index in [2.05, 4.69) is 39.9 Å². The van der Waals surface area contributed by atoms with E-state index in [0.717, 1.165) is 22.3 Å². The monoisotopic (exact) mass is 479 g/mol. The maximum absolute atomic E-state index is 12.4. The molecule has 9 heteroatoms. The Bertz CT molecular complexity index is 1160. The van der Waals surface area contributed by atoms with E-state index >= 15 is 0 Å². The molecule has 1 unspecified atom stereocenters. The molecule has 34 heavy (non-hydrogen) atoms. The summed E-state index contributed by atoms with van der Waals surface area (Å²) >= 11 is 1.24. The fourth-order valence-electron chi connectivity index (χ4n) is 4.08. The van der Waals surface area contributed by atoms with Crippen molar-refractivity contribution in [3.05, 3.63) is 75.7 Å². The second-order valence-electron chi connectivity index (χ2n) is 8.11. The summed E-state index contributed by atoms with van der Waals surface area (Å²) in [5, 5.41) is 16.5. The largest absolute Gasteiger partial charge is 0.476 e. The fourth-order valence-corrected chi connectivity index (χ4v) is 4.85. The van der Waals surface area contributed by atoms with Crippen LogP contribution in [-0.2, 0) is 16.0 Å². The fraction of sp³-hybridized carbons (Fsp3) is 0.280. The standard InChI is InChI=1S/C25H25N3O5S/c1-15(12-22(29)26-11-10-23-28-21(14-34-23)24(30)31)27-25(32)33-13-20-18-8-4-2-6-16(18)17-7-3-5-9-19(17)20/h2-9,14-15,20H,10-13H2,1H3,(H,26,29)(H,27,32)(H,30,31). The van der Waals surface area contributed by atoms with Crippen molar-refractivity contribution in [3.8, 4) is 11.1 Å². The molecule has 2 amide bonds. The number of thiazole rings is 1. The highest BCUT2D eigenvalue weighted by atomic mass is 32.1. The minimum atomic E-state index is -1.07. The van der Waals surface area contributed by atoms with Crippen molar-refractivity contribution in [1.82, 2.24) is 15.6 Å². The van der Waals surface area contributed by atoms with Gasteiger partial charge in [-0.3, -0.25) is 4.79 Å². The van der Waals surface area contributed by atoms with Crippen molar-refractivity contribution in [2.75, 3.05) is 13.2 Å². The lowest BCUT2D eigenvalue weighted by molar-refractivity contribution is -0.121. The van der Waals surface area contributed by atoms with Crippen molar-refractivity contribution in [2.24, 2.45) is 0 Å². The van der Waals surface area contributed by atoms with Gasteiger partial charge in [0.15, 0.2) is 5.69 Å². The minimum Gasteiger partial charge on any atom is -0.476 e. The number of carbonyl (C=O) groups is 3. The van der Waals surface area contributed by atoms with Crippen LogP contribution in [0.25, 0.3) is 11.1 Å². The molecule has 4 rings (SSSR count). The average Bonchev–Trinajstić information content (AvgIpc) is 3.41. The number of ether oxygens (including phenoxy) is 1. The molecular weight excluding hydrogens is 454 g/mol. The van der Waals surface area contributed by atoms with Crippen LogP contribution in [0.1, 0.15) is 45.9 Å². The first-order valence-corrected chi connectivity index (χ1v) is 11.9. The van der Waals surface area contributed by atoms with Gasteiger partial charge in [-0.15, -0.1) is 11.3 Å². The van der Waals surface area contributed by atoms with Gasteiger partial charge in [0.2, 0.25) is 5.91 Å². The molecule has 0 bridgehead atoms. The molecule has 1 aromatic heterocycles. The number of hydrogen-bond acceptors (Lipinski definition) is 6. The van der Waals surface area contributed by atoms with Crippen LogP contribution >= 0.6 is 11.3 Å². The van der Waals surface area contributed by atoms with E-state index in [1.165, 1.54) is 16.7 Å². The maximum atomic E-state index is 12.4. The predicted octanol–water partition coefficient (Wildman–Crippen LogP) is 3.82. The summed E-state index contributed by atoms with van der Waals surface area (Å²) in [5.74, 6) is -1.31. The highest BCUT2D eigenvalue weighted by Gasteiger charge is 2.29. The molecular formula is C25H25N3O5S. The summed E-state index contributed by atoms with van der Waals surface area (Å²) in [4.78, 5) is 39.4. The minimum absolute atomic E-state index is 0.00670. The summed E-state index contributed by atoms with van der Waals surface area (Å²) in [6, 6.07) is 15.8. The number of hydrogen-bond donors (Lipinski definition) is 3. The van der Waals surface area contributed by atoms with E-state index in [1.807, 2.05) is 24.3 Å². The number of aromatic nitrogens is 1. The van der Waals surface area contributed by atoms with Gasteiger partial charge >= 0.3 is 12.1 Å². The number of alkyl carbamates (subject to hydrolysis) is 1. The molecule has 1 heterocycles. The second kappa shape index (κ2) is 10.5. The van der Waals surface area contributed by atoms with Gasteiger partial charge in [-0.2, -0.15) is 0 Å². The molecule has 0 saturated carbocycles. The number of carboxylic acid groups (broad SMARTS) is 1. The summed E-state index contributed by atoms with van der Waals surface area (Å²) < 4.78 is 5.52. The molecule has 3 N–H and O–H groups in total. The van der Waals surface area contributed by atoms with Gasteiger partial charge in [-0.25, -0.2) is 14.6 Å². The van der Waals surface area contributed by atoms with Crippen molar-refractivity contribution >= 4 is 29.3 Å². The first-order valence-electron chi connectivity index (χ1n) is 11.0. The maximum Gasteiger partial charge on any atom is 0.407 e. The van der Waals surface area contributed by atoms with Gasteiger partial charge in [0.05, 0.1) is 5.01 Å². The molecule has 0 spiro atoms.